The second-order valence-corrected chi connectivity index (χ2v) is 8.29. The molecule has 14 heteroatoms. The van der Waals surface area contributed by atoms with Crippen LogP contribution in [0.15, 0.2) is 60.7 Å². The largest absolute Gasteiger partial charge is 1.00 e. The van der Waals surface area contributed by atoms with E-state index in [9.17, 15) is 31.0 Å². The van der Waals surface area contributed by atoms with Gasteiger partial charge in [0.1, 0.15) is 10.6 Å². The van der Waals surface area contributed by atoms with Crippen LogP contribution < -0.4 is 0 Å². The molecule has 0 spiro atoms. The molecule has 0 radical (unpaired) electrons. The second kappa shape index (κ2) is 10.2. The first-order valence-electron chi connectivity index (χ1n) is 7.58. The molecule has 0 saturated heterocycles. The van der Waals surface area contributed by atoms with E-state index in [2.05, 4.69) is 27.0 Å². The van der Waals surface area contributed by atoms with E-state index in [1.807, 2.05) is 0 Å². The number of allylic oxidation sites excluding steroid dienone is 1. The first-order chi connectivity index (χ1) is 12.9. The van der Waals surface area contributed by atoms with Gasteiger partial charge in [0.05, 0.1) is 21.7 Å². The van der Waals surface area contributed by atoms with Gasteiger partial charge in [-0.2, -0.15) is 32.2 Å². The number of phenolic OH excluding ortho intramolecular Hbond substituents is 1. The molecule has 2 aromatic rings. The average Bonchev–Trinajstić information content (AvgIpc) is 2.58. The number of aromatic hydroxyl groups is 1. The third-order valence-corrected chi connectivity index (χ3v) is 5.28. The maximum absolute atomic E-state index is 11.8. The number of azo groups is 2. The van der Waals surface area contributed by atoms with Crippen LogP contribution >= 0.6 is 0 Å². The Bertz CT molecular complexity index is 1240. The standard InChI is InChI=1S/C15H16N4O7S2.CH3.Cu/c1-4-8(2)17-19-14-12(28(24,25)26)6-9-5-10(27(21,22)23)7-11(18-16-3)13(9)15(14)20;;/h5-7,20H,2,4H2,1,3H3,(H,21,22,23)(H,24,25,26);1H3;/q;-1;+1. The van der Waals surface area contributed by atoms with E-state index in [0.29, 0.717) is 6.42 Å². The zero-order chi connectivity index (χ0) is 21.3. The molecule has 3 N–H and O–H groups in total. The van der Waals surface area contributed by atoms with Gasteiger partial charge in [-0.05, 0) is 30.0 Å². The van der Waals surface area contributed by atoms with Crippen molar-refractivity contribution >= 4 is 42.4 Å². The smallest absolute Gasteiger partial charge is 0.505 e. The Morgan fingerprint density at radius 1 is 1.07 bits per heavy atom. The Morgan fingerprint density at radius 2 is 1.67 bits per heavy atom. The third-order valence-electron chi connectivity index (χ3n) is 3.59. The van der Waals surface area contributed by atoms with Gasteiger partial charge in [-0.15, -0.1) is 5.11 Å². The first kappa shape index (κ1) is 27.8. The van der Waals surface area contributed by atoms with Crippen molar-refractivity contribution in [3.05, 3.63) is 37.9 Å². The van der Waals surface area contributed by atoms with E-state index in [1.165, 1.54) is 7.05 Å². The molecule has 0 unspecified atom stereocenters. The fourth-order valence-electron chi connectivity index (χ4n) is 2.26. The Morgan fingerprint density at radius 3 is 2.13 bits per heavy atom. The third kappa shape index (κ3) is 5.90. The van der Waals surface area contributed by atoms with Gasteiger partial charge in [0.25, 0.3) is 20.2 Å². The minimum atomic E-state index is -4.88. The fraction of sp³-hybridized carbons (Fsp3) is 0.188. The average molecular weight is 507 g/mol. The van der Waals surface area contributed by atoms with Crippen molar-refractivity contribution in [1.82, 2.24) is 0 Å². The predicted octanol–water partition coefficient (Wildman–Crippen LogP) is 4.21. The van der Waals surface area contributed by atoms with Crippen LogP contribution in [0.25, 0.3) is 10.8 Å². The molecule has 2 aromatic carbocycles. The summed E-state index contributed by atoms with van der Waals surface area (Å²) in [5.41, 5.74) is -0.495. The van der Waals surface area contributed by atoms with Crippen molar-refractivity contribution in [2.75, 3.05) is 7.05 Å². The topological polar surface area (TPSA) is 178 Å². The van der Waals surface area contributed by atoms with Crippen molar-refractivity contribution < 1.29 is 48.1 Å². The molecular weight excluding hydrogens is 488 g/mol. The monoisotopic (exact) mass is 506 g/mol. The van der Waals surface area contributed by atoms with Gasteiger partial charge in [-0.1, -0.05) is 13.5 Å². The number of rotatable bonds is 6. The number of nitrogens with zero attached hydrogens (tertiary/aromatic N) is 4. The van der Waals surface area contributed by atoms with Crippen LogP contribution in [0.3, 0.4) is 0 Å². The van der Waals surface area contributed by atoms with Crippen LogP contribution in [0, 0.1) is 7.43 Å². The minimum Gasteiger partial charge on any atom is -0.505 e. The van der Waals surface area contributed by atoms with Crippen molar-refractivity contribution in [1.29, 1.82) is 0 Å². The van der Waals surface area contributed by atoms with Crippen LogP contribution in [0.4, 0.5) is 11.4 Å². The van der Waals surface area contributed by atoms with Crippen LogP contribution in [-0.2, 0) is 37.3 Å². The van der Waals surface area contributed by atoms with Crippen LogP contribution in [0.5, 0.6) is 5.75 Å². The molecule has 0 heterocycles. The summed E-state index contributed by atoms with van der Waals surface area (Å²) in [6.07, 6.45) is 0.395. The summed E-state index contributed by atoms with van der Waals surface area (Å²) < 4.78 is 65.3. The van der Waals surface area contributed by atoms with Gasteiger partial charge in [0, 0.05) is 7.05 Å². The van der Waals surface area contributed by atoms with Crippen molar-refractivity contribution in [3.63, 3.8) is 0 Å². The molecule has 11 nitrogen and oxygen atoms in total. The Kier molecular flexibility index (Phi) is 9.44. The molecule has 0 aliphatic heterocycles. The van der Waals surface area contributed by atoms with Gasteiger partial charge < -0.3 is 12.5 Å². The molecule has 0 bridgehead atoms. The SMILES string of the molecule is C=C(CC)N=Nc1c(S(=O)(=O)O)cc2cc(S(=O)(=O)O)cc(N=NC)c2c1O.[CH3-].[Cu+]. The molecule has 0 aliphatic carbocycles. The number of hydrogen-bond donors (Lipinski definition) is 3. The Labute approximate surface area is 184 Å². The number of hydrogen-bond acceptors (Lipinski definition) is 9. The zero-order valence-corrected chi connectivity index (χ0v) is 18.6. The van der Waals surface area contributed by atoms with Crippen LogP contribution in [0.1, 0.15) is 13.3 Å². The summed E-state index contributed by atoms with van der Waals surface area (Å²) in [7, 11) is -8.29. The molecule has 0 amide bonds. The van der Waals surface area contributed by atoms with Gasteiger partial charge in [-0.3, -0.25) is 9.11 Å². The van der Waals surface area contributed by atoms with Gasteiger partial charge >= 0.3 is 17.1 Å². The zero-order valence-electron chi connectivity index (χ0n) is 16.0. The summed E-state index contributed by atoms with van der Waals surface area (Å²) in [6, 6.07) is 2.71. The Balaban J connectivity index is 0.00000420. The molecule has 0 fully saturated rings. The number of fused-ring (bicyclic) bond motifs is 1. The van der Waals surface area contributed by atoms with E-state index >= 15 is 0 Å². The summed E-state index contributed by atoms with van der Waals surface area (Å²) in [6.45, 7) is 5.30. The van der Waals surface area contributed by atoms with Crippen LogP contribution in [-0.4, -0.2) is 38.1 Å². The molecule has 2 rings (SSSR count). The van der Waals surface area contributed by atoms with E-state index in [0.717, 1.165) is 18.2 Å². The van der Waals surface area contributed by atoms with Crippen LogP contribution in [0.2, 0.25) is 0 Å². The summed E-state index contributed by atoms with van der Waals surface area (Å²) in [5, 5.41) is 24.9. The Hall–Kier alpha value is -2.22. The molecular formula is C16H19CuN4O7S2. The van der Waals surface area contributed by atoms with E-state index < -0.39 is 41.5 Å². The molecule has 0 aromatic heterocycles. The summed E-state index contributed by atoms with van der Waals surface area (Å²) in [5.74, 6) is -0.734. The molecule has 0 atom stereocenters. The van der Waals surface area contributed by atoms with Crippen molar-refractivity contribution in [2.24, 2.45) is 20.5 Å². The number of phenols is 1. The summed E-state index contributed by atoms with van der Waals surface area (Å²) >= 11 is 0. The van der Waals surface area contributed by atoms with Gasteiger partial charge in [0.2, 0.25) is 0 Å². The first-order valence-corrected chi connectivity index (χ1v) is 10.5. The second-order valence-electron chi connectivity index (χ2n) is 5.48. The molecule has 0 saturated carbocycles. The maximum Gasteiger partial charge on any atom is 1.00 e. The number of benzene rings is 2. The normalized spacial score (nSPS) is 12.1. The summed E-state index contributed by atoms with van der Waals surface area (Å²) in [4.78, 5) is -1.44. The molecule has 30 heavy (non-hydrogen) atoms. The van der Waals surface area contributed by atoms with Crippen molar-refractivity contribution in [2.45, 2.75) is 23.1 Å². The van der Waals surface area contributed by atoms with Crippen molar-refractivity contribution in [3.8, 4) is 5.75 Å². The fourth-order valence-corrected chi connectivity index (χ4v) is 3.45. The quantitative estimate of drug-likeness (QED) is 0.227. The van der Waals surface area contributed by atoms with E-state index in [-0.39, 0.29) is 46.7 Å². The maximum atomic E-state index is 11.8. The van der Waals surface area contributed by atoms with Gasteiger partial charge in [-0.25, -0.2) is 0 Å². The molecule has 0 aliphatic rings. The van der Waals surface area contributed by atoms with E-state index in [4.69, 9.17) is 0 Å². The van der Waals surface area contributed by atoms with Gasteiger partial charge in [0.15, 0.2) is 5.75 Å². The molecule has 168 valence electrons. The van der Waals surface area contributed by atoms with E-state index in [1.54, 1.807) is 6.92 Å². The predicted molar refractivity (Wildman–Crippen MR) is 106 cm³/mol. The minimum absolute atomic E-state index is 0.